The van der Waals surface area contributed by atoms with E-state index >= 15 is 0 Å². The highest BCUT2D eigenvalue weighted by atomic mass is 16.6. The summed E-state index contributed by atoms with van der Waals surface area (Å²) in [6.45, 7) is 7.16. The molecule has 0 saturated heterocycles. The number of carbonyl (C=O) groups is 2. The molecule has 134 valence electrons. The van der Waals surface area contributed by atoms with Crippen molar-refractivity contribution >= 4 is 18.0 Å². The van der Waals surface area contributed by atoms with Crippen LogP contribution in [0.15, 0.2) is 4.99 Å². The van der Waals surface area contributed by atoms with Crippen molar-refractivity contribution in [2.45, 2.75) is 39.2 Å². The van der Waals surface area contributed by atoms with Gasteiger partial charge in [-0.2, -0.15) is 0 Å². The smallest absolute Gasteiger partial charge is 0.407 e. The van der Waals surface area contributed by atoms with Gasteiger partial charge in [0.1, 0.15) is 5.60 Å². The number of amides is 2. The van der Waals surface area contributed by atoms with Crippen LogP contribution in [0.5, 0.6) is 0 Å². The summed E-state index contributed by atoms with van der Waals surface area (Å²) in [5.74, 6) is 0.698. The maximum atomic E-state index is 11.4. The van der Waals surface area contributed by atoms with Crippen LogP contribution in [0, 0.1) is 0 Å². The first-order chi connectivity index (χ1) is 10.7. The van der Waals surface area contributed by atoms with E-state index in [-0.39, 0.29) is 5.91 Å². The molecule has 0 aromatic heterocycles. The lowest BCUT2D eigenvalue weighted by Gasteiger charge is -2.19. The lowest BCUT2D eigenvalue weighted by molar-refractivity contribution is -0.128. The summed E-state index contributed by atoms with van der Waals surface area (Å²) < 4.78 is 5.14. The zero-order valence-corrected chi connectivity index (χ0v) is 15.2. The van der Waals surface area contributed by atoms with Gasteiger partial charge in [0.15, 0.2) is 5.96 Å². The molecule has 0 rings (SSSR count). The number of hydrogen-bond acceptors (Lipinski definition) is 4. The summed E-state index contributed by atoms with van der Waals surface area (Å²) >= 11 is 0. The summed E-state index contributed by atoms with van der Waals surface area (Å²) in [5, 5.41) is 8.87. The van der Waals surface area contributed by atoms with E-state index in [0.29, 0.717) is 32.0 Å². The predicted octanol–water partition coefficient (Wildman–Crippen LogP) is 0.545. The normalized spacial score (nSPS) is 11.7. The molecule has 0 saturated carbocycles. The number of hydrogen-bond donors (Lipinski definition) is 3. The first-order valence-corrected chi connectivity index (χ1v) is 7.77. The maximum absolute atomic E-state index is 11.4. The number of nitrogens with one attached hydrogen (secondary N) is 3. The molecule has 2 amide bonds. The fraction of sp³-hybridized carbons (Fsp3) is 0.800. The van der Waals surface area contributed by atoms with Gasteiger partial charge in [0.2, 0.25) is 5.91 Å². The Balaban J connectivity index is 3.77. The van der Waals surface area contributed by atoms with E-state index in [1.54, 1.807) is 26.0 Å². The Morgan fingerprint density at radius 2 is 1.61 bits per heavy atom. The quantitative estimate of drug-likeness (QED) is 0.360. The lowest BCUT2D eigenvalue weighted by Crippen LogP contribution is -2.40. The summed E-state index contributed by atoms with van der Waals surface area (Å²) in [6, 6.07) is 0. The van der Waals surface area contributed by atoms with Crippen LogP contribution in [0.25, 0.3) is 0 Å². The fourth-order valence-electron chi connectivity index (χ4n) is 1.53. The molecule has 0 radical (unpaired) electrons. The Morgan fingerprint density at radius 3 is 2.13 bits per heavy atom. The molecule has 0 aliphatic carbocycles. The van der Waals surface area contributed by atoms with E-state index in [0.717, 1.165) is 6.42 Å². The second-order valence-electron chi connectivity index (χ2n) is 6.25. The van der Waals surface area contributed by atoms with E-state index in [4.69, 9.17) is 4.74 Å². The molecule has 0 bridgehead atoms. The molecule has 0 aromatic carbocycles. The number of rotatable bonds is 7. The molecule has 0 fully saturated rings. The van der Waals surface area contributed by atoms with Gasteiger partial charge in [-0.3, -0.25) is 9.79 Å². The molecule has 23 heavy (non-hydrogen) atoms. The first-order valence-electron chi connectivity index (χ1n) is 7.77. The third-order valence-corrected chi connectivity index (χ3v) is 2.67. The van der Waals surface area contributed by atoms with Crippen molar-refractivity contribution in [1.82, 2.24) is 20.9 Å². The molecule has 3 N–H and O–H groups in total. The third-order valence-electron chi connectivity index (χ3n) is 2.67. The van der Waals surface area contributed by atoms with Crippen molar-refractivity contribution in [3.8, 4) is 0 Å². The van der Waals surface area contributed by atoms with E-state index < -0.39 is 11.7 Å². The highest BCUT2D eigenvalue weighted by Crippen LogP contribution is 2.06. The molecular formula is C15H31N5O3. The van der Waals surface area contributed by atoms with E-state index in [1.165, 1.54) is 0 Å². The van der Waals surface area contributed by atoms with Gasteiger partial charge in [0, 0.05) is 47.2 Å². The van der Waals surface area contributed by atoms with Gasteiger partial charge in [-0.15, -0.1) is 0 Å². The largest absolute Gasteiger partial charge is 0.444 e. The van der Waals surface area contributed by atoms with Crippen LogP contribution in [0.2, 0.25) is 0 Å². The van der Waals surface area contributed by atoms with Crippen molar-refractivity contribution < 1.29 is 14.3 Å². The van der Waals surface area contributed by atoms with Crippen LogP contribution >= 0.6 is 0 Å². The van der Waals surface area contributed by atoms with Gasteiger partial charge in [0.25, 0.3) is 0 Å². The molecule has 0 aliphatic rings. The minimum absolute atomic E-state index is 0.0644. The standard InChI is InChI=1S/C15H31N5O3/c1-15(2,3)23-14(22)19-10-7-9-17-13(16-4)18-11-8-12(21)20(5)6/h7-11H2,1-6H3,(H,19,22)(H2,16,17,18). The molecule has 0 unspecified atom stereocenters. The van der Waals surface area contributed by atoms with Crippen LogP contribution < -0.4 is 16.0 Å². The molecular weight excluding hydrogens is 298 g/mol. The average molecular weight is 329 g/mol. The molecule has 8 heteroatoms. The Labute approximate surface area is 139 Å². The van der Waals surface area contributed by atoms with Crippen LogP contribution in [0.3, 0.4) is 0 Å². The van der Waals surface area contributed by atoms with Crippen LogP contribution in [-0.2, 0) is 9.53 Å². The van der Waals surface area contributed by atoms with E-state index in [1.807, 2.05) is 20.8 Å². The number of ether oxygens (including phenoxy) is 1. The Morgan fingerprint density at radius 1 is 1.04 bits per heavy atom. The molecule has 0 heterocycles. The van der Waals surface area contributed by atoms with Gasteiger partial charge in [-0.25, -0.2) is 4.79 Å². The summed E-state index contributed by atoms with van der Waals surface area (Å²) in [4.78, 5) is 28.5. The zero-order chi connectivity index (χ0) is 17.9. The molecule has 0 aromatic rings. The second-order valence-corrected chi connectivity index (χ2v) is 6.25. The topological polar surface area (TPSA) is 95.1 Å². The van der Waals surface area contributed by atoms with Crippen molar-refractivity contribution in [2.24, 2.45) is 4.99 Å². The second kappa shape index (κ2) is 10.7. The monoisotopic (exact) mass is 329 g/mol. The summed E-state index contributed by atoms with van der Waals surface area (Å²) in [7, 11) is 5.13. The average Bonchev–Trinajstić information content (AvgIpc) is 2.42. The highest BCUT2D eigenvalue weighted by molar-refractivity contribution is 5.81. The molecule has 8 nitrogen and oxygen atoms in total. The van der Waals surface area contributed by atoms with Crippen molar-refractivity contribution in [1.29, 1.82) is 0 Å². The van der Waals surface area contributed by atoms with Crippen LogP contribution in [0.4, 0.5) is 4.79 Å². The van der Waals surface area contributed by atoms with Crippen molar-refractivity contribution in [3.63, 3.8) is 0 Å². The number of aliphatic imine (C=N–C) groups is 1. The highest BCUT2D eigenvalue weighted by Gasteiger charge is 2.15. The van der Waals surface area contributed by atoms with Crippen molar-refractivity contribution in [3.05, 3.63) is 0 Å². The van der Waals surface area contributed by atoms with Crippen LogP contribution in [0.1, 0.15) is 33.6 Å². The van der Waals surface area contributed by atoms with Gasteiger partial charge >= 0.3 is 6.09 Å². The number of carbonyl (C=O) groups excluding carboxylic acids is 2. The first kappa shape index (κ1) is 21.0. The molecule has 0 aliphatic heterocycles. The van der Waals surface area contributed by atoms with Crippen LogP contribution in [-0.4, -0.2) is 69.2 Å². The number of alkyl carbamates (subject to hydrolysis) is 1. The van der Waals surface area contributed by atoms with Gasteiger partial charge in [-0.05, 0) is 27.2 Å². The predicted molar refractivity (Wildman–Crippen MR) is 91.5 cm³/mol. The summed E-state index contributed by atoms with van der Waals surface area (Å²) in [6.07, 6.45) is 0.729. The minimum Gasteiger partial charge on any atom is -0.444 e. The number of guanidine groups is 1. The van der Waals surface area contributed by atoms with Crippen molar-refractivity contribution in [2.75, 3.05) is 40.8 Å². The Kier molecular flexibility index (Phi) is 9.76. The Hall–Kier alpha value is -1.99. The third kappa shape index (κ3) is 12.3. The fourth-order valence-corrected chi connectivity index (χ4v) is 1.53. The SMILES string of the molecule is CN=C(NCCCNC(=O)OC(C)(C)C)NCCC(=O)N(C)C. The minimum atomic E-state index is -0.488. The van der Waals surface area contributed by atoms with Gasteiger partial charge in [0.05, 0.1) is 0 Å². The number of nitrogens with zero attached hydrogens (tertiary/aromatic N) is 2. The Bertz CT molecular complexity index is 402. The zero-order valence-electron chi connectivity index (χ0n) is 15.2. The van der Waals surface area contributed by atoms with Gasteiger partial charge in [-0.1, -0.05) is 0 Å². The van der Waals surface area contributed by atoms with E-state index in [9.17, 15) is 9.59 Å². The summed E-state index contributed by atoms with van der Waals surface area (Å²) in [5.41, 5.74) is -0.488. The molecule has 0 atom stereocenters. The molecule has 0 spiro atoms. The lowest BCUT2D eigenvalue weighted by atomic mass is 10.2. The van der Waals surface area contributed by atoms with Gasteiger partial charge < -0.3 is 25.6 Å². The van der Waals surface area contributed by atoms with E-state index in [2.05, 4.69) is 20.9 Å². The maximum Gasteiger partial charge on any atom is 0.407 e.